The third-order valence-corrected chi connectivity index (χ3v) is 3.92. The molecular formula is C13H16N4O2S. The van der Waals surface area contributed by atoms with Crippen molar-refractivity contribution in [3.63, 3.8) is 0 Å². The average molecular weight is 292 g/mol. The maximum atomic E-state index is 11.7. The van der Waals surface area contributed by atoms with E-state index in [1.54, 1.807) is 6.92 Å². The molecule has 2 rings (SSSR count). The van der Waals surface area contributed by atoms with Crippen molar-refractivity contribution in [2.45, 2.75) is 30.8 Å². The van der Waals surface area contributed by atoms with Crippen molar-refractivity contribution in [2.24, 2.45) is 5.73 Å². The van der Waals surface area contributed by atoms with Crippen molar-refractivity contribution in [1.82, 2.24) is 14.9 Å². The molecule has 1 atom stereocenters. The minimum Gasteiger partial charge on any atom is -0.351 e. The van der Waals surface area contributed by atoms with Crippen LogP contribution in [0.3, 0.4) is 0 Å². The fourth-order valence-corrected chi connectivity index (χ4v) is 2.87. The predicted molar refractivity (Wildman–Crippen MR) is 78.5 cm³/mol. The summed E-state index contributed by atoms with van der Waals surface area (Å²) in [6.07, 6.45) is 0. The summed E-state index contributed by atoms with van der Waals surface area (Å²) >= 11 is 1.30. The topological polar surface area (TPSA) is 90.0 Å². The van der Waals surface area contributed by atoms with Crippen LogP contribution < -0.4 is 11.1 Å². The van der Waals surface area contributed by atoms with Gasteiger partial charge in [-0.05, 0) is 26.0 Å². The van der Waals surface area contributed by atoms with Gasteiger partial charge in [0.2, 0.25) is 5.91 Å². The SMILES string of the molecule is CCn1c(SC(C)C(=O)NC(N)=O)nc2ccccc21. The van der Waals surface area contributed by atoms with Gasteiger partial charge < -0.3 is 10.3 Å². The van der Waals surface area contributed by atoms with Gasteiger partial charge in [-0.2, -0.15) is 0 Å². The summed E-state index contributed by atoms with van der Waals surface area (Å²) in [6.45, 7) is 4.49. The predicted octanol–water partition coefficient (Wildman–Crippen LogP) is 1.73. The van der Waals surface area contributed by atoms with Crippen LogP contribution in [0, 0.1) is 0 Å². The number of hydrogen-bond donors (Lipinski definition) is 2. The molecule has 0 aliphatic carbocycles. The number of primary amides is 1. The molecule has 0 fully saturated rings. The molecule has 0 saturated carbocycles. The minimum atomic E-state index is -0.841. The van der Waals surface area contributed by atoms with Gasteiger partial charge in [0, 0.05) is 6.54 Å². The van der Waals surface area contributed by atoms with Crippen LogP contribution >= 0.6 is 11.8 Å². The second-order valence-corrected chi connectivity index (χ2v) is 5.55. The Morgan fingerprint density at radius 1 is 1.45 bits per heavy atom. The number of carbonyl (C=O) groups excluding carboxylic acids is 2. The number of nitrogens with one attached hydrogen (secondary N) is 1. The third-order valence-electron chi connectivity index (χ3n) is 2.83. The van der Waals surface area contributed by atoms with Crippen LogP contribution in [0.25, 0.3) is 11.0 Å². The van der Waals surface area contributed by atoms with Gasteiger partial charge in [0.05, 0.1) is 16.3 Å². The van der Waals surface area contributed by atoms with E-state index in [-0.39, 0.29) is 0 Å². The molecule has 3 amide bonds. The van der Waals surface area contributed by atoms with Gasteiger partial charge >= 0.3 is 6.03 Å². The molecule has 20 heavy (non-hydrogen) atoms. The Bertz CT molecular complexity index is 653. The molecule has 1 aromatic carbocycles. The molecule has 1 heterocycles. The lowest BCUT2D eigenvalue weighted by Crippen LogP contribution is -2.39. The molecule has 0 spiro atoms. The lowest BCUT2D eigenvalue weighted by atomic mass is 10.3. The zero-order chi connectivity index (χ0) is 14.7. The fourth-order valence-electron chi connectivity index (χ4n) is 1.88. The van der Waals surface area contributed by atoms with Crippen molar-refractivity contribution in [2.75, 3.05) is 0 Å². The third kappa shape index (κ3) is 2.93. The van der Waals surface area contributed by atoms with Crippen LogP contribution in [0.15, 0.2) is 29.4 Å². The van der Waals surface area contributed by atoms with Crippen LogP contribution in [0.2, 0.25) is 0 Å². The Labute approximate surface area is 120 Å². The van der Waals surface area contributed by atoms with Gasteiger partial charge in [0.1, 0.15) is 0 Å². The number of para-hydroxylation sites is 2. The number of urea groups is 1. The van der Waals surface area contributed by atoms with Crippen LogP contribution in [-0.4, -0.2) is 26.7 Å². The van der Waals surface area contributed by atoms with E-state index in [9.17, 15) is 9.59 Å². The zero-order valence-electron chi connectivity index (χ0n) is 11.3. The molecule has 1 unspecified atom stereocenters. The molecule has 2 aromatic rings. The number of amides is 3. The molecule has 0 aliphatic heterocycles. The first-order valence-corrected chi connectivity index (χ1v) is 7.13. The number of carbonyl (C=O) groups is 2. The molecule has 0 saturated heterocycles. The molecule has 0 radical (unpaired) electrons. The highest BCUT2D eigenvalue weighted by atomic mass is 32.2. The van der Waals surface area contributed by atoms with Crippen molar-refractivity contribution < 1.29 is 9.59 Å². The summed E-state index contributed by atoms with van der Waals surface area (Å²) in [5.41, 5.74) is 6.86. The van der Waals surface area contributed by atoms with E-state index in [0.29, 0.717) is 0 Å². The summed E-state index contributed by atoms with van der Waals surface area (Å²) < 4.78 is 2.04. The minimum absolute atomic E-state index is 0.419. The Morgan fingerprint density at radius 3 is 2.80 bits per heavy atom. The van der Waals surface area contributed by atoms with E-state index in [4.69, 9.17) is 5.73 Å². The van der Waals surface area contributed by atoms with Gasteiger partial charge in [-0.1, -0.05) is 23.9 Å². The number of nitrogens with two attached hydrogens (primary N) is 1. The van der Waals surface area contributed by atoms with Crippen molar-refractivity contribution in [3.8, 4) is 0 Å². The standard InChI is InChI=1S/C13H16N4O2S/c1-3-17-10-7-5-4-6-9(10)15-13(17)20-8(2)11(18)16-12(14)19/h4-8H,3H2,1-2H3,(H3,14,16,18,19). The van der Waals surface area contributed by atoms with Crippen LogP contribution in [-0.2, 0) is 11.3 Å². The Hall–Kier alpha value is -2.02. The Morgan fingerprint density at radius 2 is 2.15 bits per heavy atom. The number of nitrogens with zero attached hydrogens (tertiary/aromatic N) is 2. The number of aromatic nitrogens is 2. The van der Waals surface area contributed by atoms with Crippen LogP contribution in [0.1, 0.15) is 13.8 Å². The summed E-state index contributed by atoms with van der Waals surface area (Å²) in [6, 6.07) is 6.95. The van der Waals surface area contributed by atoms with Gasteiger partial charge in [0.25, 0.3) is 0 Å². The monoisotopic (exact) mass is 292 g/mol. The van der Waals surface area contributed by atoms with E-state index in [2.05, 4.69) is 10.3 Å². The molecule has 3 N–H and O–H groups in total. The number of imide groups is 1. The number of thioether (sulfide) groups is 1. The molecule has 7 heteroatoms. The molecule has 1 aromatic heterocycles. The van der Waals surface area contributed by atoms with Gasteiger partial charge in [-0.3, -0.25) is 10.1 Å². The number of benzene rings is 1. The van der Waals surface area contributed by atoms with Gasteiger partial charge in [-0.15, -0.1) is 0 Å². The maximum Gasteiger partial charge on any atom is 0.318 e. The first-order valence-electron chi connectivity index (χ1n) is 6.25. The average Bonchev–Trinajstić information content (AvgIpc) is 2.74. The maximum absolute atomic E-state index is 11.7. The van der Waals surface area contributed by atoms with E-state index >= 15 is 0 Å². The molecule has 106 valence electrons. The highest BCUT2D eigenvalue weighted by Gasteiger charge is 2.19. The smallest absolute Gasteiger partial charge is 0.318 e. The molecule has 0 bridgehead atoms. The summed E-state index contributed by atoms with van der Waals surface area (Å²) in [4.78, 5) is 26.9. The van der Waals surface area contributed by atoms with Crippen LogP contribution in [0.4, 0.5) is 4.79 Å². The normalized spacial score (nSPS) is 12.3. The van der Waals surface area contributed by atoms with Gasteiger partial charge in [-0.25, -0.2) is 9.78 Å². The lowest BCUT2D eigenvalue weighted by Gasteiger charge is -2.10. The largest absolute Gasteiger partial charge is 0.351 e. The molecule has 0 aliphatic rings. The number of fused-ring (bicyclic) bond motifs is 1. The summed E-state index contributed by atoms with van der Waals surface area (Å²) in [5.74, 6) is -0.419. The first kappa shape index (κ1) is 14.4. The Kier molecular flexibility index (Phi) is 4.29. The lowest BCUT2D eigenvalue weighted by molar-refractivity contribution is -0.119. The van der Waals surface area contributed by atoms with E-state index in [1.165, 1.54) is 11.8 Å². The zero-order valence-corrected chi connectivity index (χ0v) is 12.1. The number of aryl methyl sites for hydroxylation is 1. The quantitative estimate of drug-likeness (QED) is 0.840. The second-order valence-electron chi connectivity index (χ2n) is 4.24. The number of rotatable bonds is 4. The number of imidazole rings is 1. The first-order chi connectivity index (χ1) is 9.52. The number of hydrogen-bond acceptors (Lipinski definition) is 4. The van der Waals surface area contributed by atoms with Crippen molar-refractivity contribution in [1.29, 1.82) is 0 Å². The van der Waals surface area contributed by atoms with E-state index in [1.807, 2.05) is 35.8 Å². The van der Waals surface area contributed by atoms with Crippen molar-refractivity contribution >= 4 is 34.7 Å². The second kappa shape index (κ2) is 5.96. The fraction of sp³-hybridized carbons (Fsp3) is 0.308. The highest BCUT2D eigenvalue weighted by molar-refractivity contribution is 8.00. The van der Waals surface area contributed by atoms with Gasteiger partial charge in [0.15, 0.2) is 5.16 Å². The van der Waals surface area contributed by atoms with E-state index < -0.39 is 17.2 Å². The Balaban J connectivity index is 2.25. The summed E-state index contributed by atoms with van der Waals surface area (Å²) in [7, 11) is 0. The summed E-state index contributed by atoms with van der Waals surface area (Å²) in [5, 5.41) is 2.37. The van der Waals surface area contributed by atoms with E-state index in [0.717, 1.165) is 22.7 Å². The molecular weight excluding hydrogens is 276 g/mol. The highest BCUT2D eigenvalue weighted by Crippen LogP contribution is 2.27. The van der Waals surface area contributed by atoms with Crippen LogP contribution in [0.5, 0.6) is 0 Å². The molecule has 6 nitrogen and oxygen atoms in total. The van der Waals surface area contributed by atoms with Crippen molar-refractivity contribution in [3.05, 3.63) is 24.3 Å².